The zero-order chi connectivity index (χ0) is 21.8. The Morgan fingerprint density at radius 1 is 1.06 bits per heavy atom. The first kappa shape index (κ1) is 21.4. The van der Waals surface area contributed by atoms with E-state index in [1.807, 2.05) is 22.1 Å². The lowest BCUT2D eigenvalue weighted by Crippen LogP contribution is -2.51. The number of rotatable bonds is 6. The molecular formula is C21H22FN5O2S2. The second kappa shape index (κ2) is 9.52. The SMILES string of the molecule is O=C(CCn1c(-c2cccs2)n[nH]c1=S)N1CCN(C(=O)Cc2ccc(F)cc2)CC1. The van der Waals surface area contributed by atoms with E-state index < -0.39 is 0 Å². The maximum absolute atomic E-state index is 13.0. The highest BCUT2D eigenvalue weighted by Gasteiger charge is 2.24. The molecule has 0 unspecified atom stereocenters. The minimum Gasteiger partial charge on any atom is -0.339 e. The Bertz CT molecular complexity index is 1100. The summed E-state index contributed by atoms with van der Waals surface area (Å²) in [6, 6.07) is 9.88. The molecule has 2 amide bonds. The molecule has 1 saturated heterocycles. The van der Waals surface area contributed by atoms with Gasteiger partial charge in [0, 0.05) is 39.1 Å². The Kier molecular flexibility index (Phi) is 6.57. The second-order valence-corrected chi connectivity index (χ2v) is 8.63. The average molecular weight is 460 g/mol. The van der Waals surface area contributed by atoms with Crippen molar-refractivity contribution >= 4 is 35.4 Å². The molecule has 0 bridgehead atoms. The van der Waals surface area contributed by atoms with Crippen molar-refractivity contribution in [2.45, 2.75) is 19.4 Å². The molecule has 3 aromatic rings. The second-order valence-electron chi connectivity index (χ2n) is 7.30. The van der Waals surface area contributed by atoms with Gasteiger partial charge >= 0.3 is 0 Å². The highest BCUT2D eigenvalue weighted by Crippen LogP contribution is 2.23. The predicted octanol–water partition coefficient (Wildman–Crippen LogP) is 3.11. The van der Waals surface area contributed by atoms with Crippen molar-refractivity contribution in [3.05, 3.63) is 57.9 Å². The van der Waals surface area contributed by atoms with Crippen molar-refractivity contribution in [2.75, 3.05) is 26.2 Å². The number of carbonyl (C=O) groups excluding carboxylic acids is 2. The summed E-state index contributed by atoms with van der Waals surface area (Å²) in [7, 11) is 0. The first-order chi connectivity index (χ1) is 15.0. The topological polar surface area (TPSA) is 74.2 Å². The Morgan fingerprint density at radius 3 is 2.39 bits per heavy atom. The van der Waals surface area contributed by atoms with Gasteiger partial charge in [0.15, 0.2) is 10.6 Å². The lowest BCUT2D eigenvalue weighted by molar-refractivity contribution is -0.139. The smallest absolute Gasteiger partial charge is 0.227 e. The van der Waals surface area contributed by atoms with Gasteiger partial charge in [-0.3, -0.25) is 19.3 Å². The summed E-state index contributed by atoms with van der Waals surface area (Å²) in [6.07, 6.45) is 0.550. The number of amides is 2. The number of halogens is 1. The maximum Gasteiger partial charge on any atom is 0.227 e. The fraction of sp³-hybridized carbons (Fsp3) is 0.333. The van der Waals surface area contributed by atoms with E-state index in [-0.39, 0.29) is 24.1 Å². The molecule has 162 valence electrons. The van der Waals surface area contributed by atoms with Crippen molar-refractivity contribution in [1.29, 1.82) is 0 Å². The zero-order valence-corrected chi connectivity index (χ0v) is 18.4. The van der Waals surface area contributed by atoms with Crippen LogP contribution in [0.1, 0.15) is 12.0 Å². The third-order valence-corrected chi connectivity index (χ3v) is 6.48. The number of piperazine rings is 1. The number of thiophene rings is 1. The van der Waals surface area contributed by atoms with Crippen molar-refractivity contribution in [1.82, 2.24) is 24.6 Å². The largest absolute Gasteiger partial charge is 0.339 e. The van der Waals surface area contributed by atoms with Gasteiger partial charge in [0.1, 0.15) is 5.82 Å². The van der Waals surface area contributed by atoms with Crippen LogP contribution in [0.4, 0.5) is 4.39 Å². The van der Waals surface area contributed by atoms with Crippen molar-refractivity contribution in [3.8, 4) is 10.7 Å². The van der Waals surface area contributed by atoms with Gasteiger partial charge in [0.25, 0.3) is 0 Å². The van der Waals surface area contributed by atoms with Gasteiger partial charge in [-0.2, -0.15) is 5.10 Å². The van der Waals surface area contributed by atoms with Crippen LogP contribution in [0.15, 0.2) is 41.8 Å². The summed E-state index contributed by atoms with van der Waals surface area (Å²) in [5, 5.41) is 9.06. The predicted molar refractivity (Wildman–Crippen MR) is 119 cm³/mol. The van der Waals surface area contributed by atoms with Crippen LogP contribution in [0.2, 0.25) is 0 Å². The van der Waals surface area contributed by atoms with E-state index in [4.69, 9.17) is 12.2 Å². The minimum atomic E-state index is -0.317. The molecule has 7 nitrogen and oxygen atoms in total. The van der Waals surface area contributed by atoms with Gasteiger partial charge < -0.3 is 9.80 Å². The summed E-state index contributed by atoms with van der Waals surface area (Å²) in [5.41, 5.74) is 0.781. The van der Waals surface area contributed by atoms with E-state index in [1.54, 1.807) is 33.3 Å². The fourth-order valence-electron chi connectivity index (χ4n) is 3.58. The van der Waals surface area contributed by atoms with Crippen LogP contribution in [0.25, 0.3) is 10.7 Å². The summed E-state index contributed by atoms with van der Waals surface area (Å²) < 4.78 is 15.4. The Hall–Kier alpha value is -2.85. The van der Waals surface area contributed by atoms with Crippen LogP contribution in [-0.4, -0.2) is 62.6 Å². The van der Waals surface area contributed by atoms with Gasteiger partial charge in [-0.1, -0.05) is 18.2 Å². The molecule has 1 aliphatic heterocycles. The molecule has 1 aromatic carbocycles. The van der Waals surface area contributed by atoms with Crippen molar-refractivity contribution in [2.24, 2.45) is 0 Å². The summed E-state index contributed by atoms with van der Waals surface area (Å²) in [6.45, 7) is 2.45. The molecule has 10 heteroatoms. The highest BCUT2D eigenvalue weighted by atomic mass is 32.1. The third kappa shape index (κ3) is 5.08. The van der Waals surface area contributed by atoms with Crippen LogP contribution in [0, 0.1) is 10.6 Å². The van der Waals surface area contributed by atoms with Crippen LogP contribution >= 0.6 is 23.6 Å². The number of hydrogen-bond donors (Lipinski definition) is 1. The van der Waals surface area contributed by atoms with Crippen molar-refractivity contribution in [3.63, 3.8) is 0 Å². The average Bonchev–Trinajstić information content (AvgIpc) is 3.43. The van der Waals surface area contributed by atoms with E-state index in [0.29, 0.717) is 43.9 Å². The Morgan fingerprint density at radius 2 is 1.74 bits per heavy atom. The minimum absolute atomic E-state index is 0.0102. The summed E-state index contributed by atoms with van der Waals surface area (Å²) in [5.74, 6) is 0.446. The molecule has 3 heterocycles. The Labute approximate surface area is 188 Å². The van der Waals surface area contributed by atoms with E-state index in [1.165, 1.54) is 12.1 Å². The number of nitrogens with one attached hydrogen (secondary N) is 1. The molecule has 2 aromatic heterocycles. The van der Waals surface area contributed by atoms with E-state index >= 15 is 0 Å². The first-order valence-electron chi connectivity index (χ1n) is 10.0. The number of aromatic amines is 1. The van der Waals surface area contributed by atoms with Crippen LogP contribution in [-0.2, 0) is 22.6 Å². The molecule has 1 aliphatic rings. The number of hydrogen-bond acceptors (Lipinski definition) is 5. The molecule has 0 aliphatic carbocycles. The van der Waals surface area contributed by atoms with Gasteiger partial charge in [-0.05, 0) is 41.4 Å². The zero-order valence-electron chi connectivity index (χ0n) is 16.8. The number of nitrogens with zero attached hydrogens (tertiary/aromatic N) is 4. The fourth-order valence-corrected chi connectivity index (χ4v) is 4.52. The molecule has 4 rings (SSSR count). The molecule has 1 N–H and O–H groups in total. The van der Waals surface area contributed by atoms with Gasteiger partial charge in [0.2, 0.25) is 11.8 Å². The molecule has 0 saturated carbocycles. The number of benzene rings is 1. The van der Waals surface area contributed by atoms with E-state index in [0.717, 1.165) is 16.3 Å². The lowest BCUT2D eigenvalue weighted by Gasteiger charge is -2.35. The molecule has 0 spiro atoms. The molecule has 31 heavy (non-hydrogen) atoms. The number of carbonyl (C=O) groups is 2. The van der Waals surface area contributed by atoms with Gasteiger partial charge in [-0.15, -0.1) is 11.3 Å². The molecule has 0 radical (unpaired) electrons. The first-order valence-corrected chi connectivity index (χ1v) is 11.3. The number of H-pyrrole nitrogens is 1. The standard InChI is InChI=1S/C21H22FN5O2S2/c22-16-5-3-15(4-6-16)14-19(29)26-11-9-25(10-12-26)18(28)7-8-27-20(23-24-21(27)30)17-2-1-13-31-17/h1-6,13H,7-12,14H2,(H,24,30). The van der Waals surface area contributed by atoms with Crippen LogP contribution in [0.5, 0.6) is 0 Å². The monoisotopic (exact) mass is 459 g/mol. The molecule has 0 atom stereocenters. The van der Waals surface area contributed by atoms with E-state index in [2.05, 4.69) is 10.2 Å². The highest BCUT2D eigenvalue weighted by molar-refractivity contribution is 7.71. The van der Waals surface area contributed by atoms with Crippen LogP contribution < -0.4 is 0 Å². The normalized spacial score (nSPS) is 14.1. The summed E-state index contributed by atoms with van der Waals surface area (Å²) >= 11 is 6.89. The van der Waals surface area contributed by atoms with E-state index in [9.17, 15) is 14.0 Å². The summed E-state index contributed by atoms with van der Waals surface area (Å²) in [4.78, 5) is 29.8. The van der Waals surface area contributed by atoms with Gasteiger partial charge in [0.05, 0.1) is 11.3 Å². The molecular weight excluding hydrogens is 437 g/mol. The van der Waals surface area contributed by atoms with Gasteiger partial charge in [-0.25, -0.2) is 4.39 Å². The maximum atomic E-state index is 13.0. The van der Waals surface area contributed by atoms with Crippen LogP contribution in [0.3, 0.4) is 0 Å². The quantitative estimate of drug-likeness (QED) is 0.575. The number of aromatic nitrogens is 3. The Balaban J connectivity index is 1.28. The third-order valence-electron chi connectivity index (χ3n) is 5.30. The van der Waals surface area contributed by atoms with Crippen molar-refractivity contribution < 1.29 is 14.0 Å². The lowest BCUT2D eigenvalue weighted by atomic mass is 10.1. The molecule has 1 fully saturated rings.